The zero-order valence-electron chi connectivity index (χ0n) is 10.9. The first kappa shape index (κ1) is 13.9. The molecule has 0 saturated heterocycles. The van der Waals surface area contributed by atoms with Crippen molar-refractivity contribution in [3.63, 3.8) is 0 Å². The lowest BCUT2D eigenvalue weighted by molar-refractivity contribution is 0.154. The first-order valence-corrected chi connectivity index (χ1v) is 6.11. The van der Waals surface area contributed by atoms with E-state index < -0.39 is 0 Å². The Kier molecular flexibility index (Phi) is 6.50. The van der Waals surface area contributed by atoms with Crippen LogP contribution >= 0.6 is 0 Å². The summed E-state index contributed by atoms with van der Waals surface area (Å²) in [7, 11) is 1.90. The van der Waals surface area contributed by atoms with E-state index in [-0.39, 0.29) is 0 Å². The highest BCUT2D eigenvalue weighted by molar-refractivity contribution is 5.36. The summed E-state index contributed by atoms with van der Waals surface area (Å²) >= 11 is 0. The van der Waals surface area contributed by atoms with Crippen LogP contribution in [0.5, 0.6) is 0 Å². The van der Waals surface area contributed by atoms with Gasteiger partial charge in [0.15, 0.2) is 5.82 Å². The summed E-state index contributed by atoms with van der Waals surface area (Å²) in [6.07, 6.45) is 0. The van der Waals surface area contributed by atoms with Gasteiger partial charge in [-0.25, -0.2) is 0 Å². The zero-order chi connectivity index (χ0) is 12.5. The van der Waals surface area contributed by atoms with Crippen molar-refractivity contribution >= 4 is 5.82 Å². The van der Waals surface area contributed by atoms with Crippen LogP contribution in [0.15, 0.2) is 12.1 Å². The van der Waals surface area contributed by atoms with Crippen molar-refractivity contribution in [3.8, 4) is 0 Å². The minimum atomic E-state index is 0.726. The molecule has 0 bridgehead atoms. The number of anilines is 1. The molecule has 0 aliphatic rings. The van der Waals surface area contributed by atoms with Crippen LogP contribution in [0, 0.1) is 0 Å². The van der Waals surface area contributed by atoms with Gasteiger partial charge < -0.3 is 15.0 Å². The molecule has 1 heterocycles. The van der Waals surface area contributed by atoms with Crippen molar-refractivity contribution < 1.29 is 4.74 Å². The van der Waals surface area contributed by atoms with Crippen molar-refractivity contribution in [1.82, 2.24) is 15.5 Å². The Morgan fingerprint density at radius 3 is 2.65 bits per heavy atom. The third-order valence-corrected chi connectivity index (χ3v) is 2.48. The van der Waals surface area contributed by atoms with Crippen LogP contribution in [0.25, 0.3) is 0 Å². The van der Waals surface area contributed by atoms with E-state index in [0.29, 0.717) is 0 Å². The molecular formula is C12H22N4O. The first-order chi connectivity index (χ1) is 8.31. The molecule has 0 spiro atoms. The lowest BCUT2D eigenvalue weighted by atomic mass is 10.3. The number of likely N-dealkylation sites (N-methyl/N-ethyl adjacent to an activating group) is 1. The minimum Gasteiger partial charge on any atom is -0.380 e. The third-order valence-electron chi connectivity index (χ3n) is 2.48. The average molecular weight is 238 g/mol. The number of nitrogens with one attached hydrogen (secondary N) is 1. The Hall–Kier alpha value is -1.20. The van der Waals surface area contributed by atoms with E-state index in [2.05, 4.69) is 27.3 Å². The minimum absolute atomic E-state index is 0.726. The predicted octanol–water partition coefficient (Wildman–Crippen LogP) is 1.06. The average Bonchev–Trinajstić information content (AvgIpc) is 2.36. The number of nitrogens with zero attached hydrogens (tertiary/aromatic N) is 3. The second-order valence-corrected chi connectivity index (χ2v) is 3.69. The van der Waals surface area contributed by atoms with Crippen LogP contribution in [-0.2, 0) is 11.3 Å². The Balaban J connectivity index is 2.55. The molecule has 0 fully saturated rings. The van der Waals surface area contributed by atoms with E-state index in [0.717, 1.165) is 44.4 Å². The van der Waals surface area contributed by atoms with Crippen LogP contribution in [-0.4, -0.2) is 43.5 Å². The van der Waals surface area contributed by atoms with Crippen molar-refractivity contribution in [2.24, 2.45) is 0 Å². The van der Waals surface area contributed by atoms with Gasteiger partial charge in [-0.2, -0.15) is 5.10 Å². The second-order valence-electron chi connectivity index (χ2n) is 3.69. The number of hydrogen-bond donors (Lipinski definition) is 1. The van der Waals surface area contributed by atoms with E-state index in [4.69, 9.17) is 4.74 Å². The second kappa shape index (κ2) is 7.97. The lowest BCUT2D eigenvalue weighted by Gasteiger charge is -2.21. The number of ether oxygens (including phenoxy) is 1. The fourth-order valence-electron chi connectivity index (χ4n) is 1.55. The fourth-order valence-corrected chi connectivity index (χ4v) is 1.55. The Bertz CT molecular complexity index is 302. The number of rotatable bonds is 8. The van der Waals surface area contributed by atoms with Crippen molar-refractivity contribution in [2.75, 3.05) is 38.3 Å². The van der Waals surface area contributed by atoms with E-state index in [1.54, 1.807) is 0 Å². The molecule has 1 N–H and O–H groups in total. The molecule has 1 rings (SSSR count). The van der Waals surface area contributed by atoms with Gasteiger partial charge in [0.2, 0.25) is 0 Å². The topological polar surface area (TPSA) is 50.3 Å². The molecule has 96 valence electrons. The molecule has 5 heteroatoms. The van der Waals surface area contributed by atoms with Crippen molar-refractivity contribution in [3.05, 3.63) is 17.8 Å². The van der Waals surface area contributed by atoms with Crippen LogP contribution in [0.1, 0.15) is 19.5 Å². The highest BCUT2D eigenvalue weighted by atomic mass is 16.5. The lowest BCUT2D eigenvalue weighted by Crippen LogP contribution is -2.28. The normalized spacial score (nSPS) is 10.5. The molecule has 5 nitrogen and oxygen atoms in total. The van der Waals surface area contributed by atoms with Gasteiger partial charge in [-0.1, -0.05) is 0 Å². The molecule has 0 unspecified atom stereocenters. The maximum Gasteiger partial charge on any atom is 0.151 e. The highest BCUT2D eigenvalue weighted by Crippen LogP contribution is 2.08. The highest BCUT2D eigenvalue weighted by Gasteiger charge is 2.06. The molecule has 0 aliphatic carbocycles. The van der Waals surface area contributed by atoms with Gasteiger partial charge in [0, 0.05) is 26.2 Å². The first-order valence-electron chi connectivity index (χ1n) is 6.11. The predicted molar refractivity (Wildman–Crippen MR) is 69.2 cm³/mol. The van der Waals surface area contributed by atoms with Crippen molar-refractivity contribution in [1.29, 1.82) is 0 Å². The largest absolute Gasteiger partial charge is 0.380 e. The van der Waals surface area contributed by atoms with Gasteiger partial charge in [0.05, 0.1) is 12.3 Å². The van der Waals surface area contributed by atoms with E-state index in [9.17, 15) is 0 Å². The van der Waals surface area contributed by atoms with Gasteiger partial charge in [0.25, 0.3) is 0 Å². The molecule has 0 aromatic carbocycles. The van der Waals surface area contributed by atoms with Gasteiger partial charge in [-0.05, 0) is 33.0 Å². The molecule has 1 aromatic rings. The number of aromatic nitrogens is 2. The van der Waals surface area contributed by atoms with Gasteiger partial charge in [-0.15, -0.1) is 5.10 Å². The monoisotopic (exact) mass is 238 g/mol. The van der Waals surface area contributed by atoms with Crippen LogP contribution < -0.4 is 10.2 Å². The molecule has 0 aliphatic heterocycles. The summed E-state index contributed by atoms with van der Waals surface area (Å²) in [6.45, 7) is 8.10. The maximum absolute atomic E-state index is 5.35. The molecular weight excluding hydrogens is 216 g/mol. The Morgan fingerprint density at radius 2 is 2.12 bits per heavy atom. The summed E-state index contributed by atoms with van der Waals surface area (Å²) in [4.78, 5) is 2.16. The van der Waals surface area contributed by atoms with Gasteiger partial charge >= 0.3 is 0 Å². The third kappa shape index (κ3) is 4.66. The molecule has 0 atom stereocenters. The van der Waals surface area contributed by atoms with Crippen molar-refractivity contribution in [2.45, 2.75) is 20.4 Å². The Morgan fingerprint density at radius 1 is 1.29 bits per heavy atom. The summed E-state index contributed by atoms with van der Waals surface area (Å²) < 4.78 is 5.35. The van der Waals surface area contributed by atoms with E-state index >= 15 is 0 Å². The van der Waals surface area contributed by atoms with Gasteiger partial charge in [-0.3, -0.25) is 0 Å². The van der Waals surface area contributed by atoms with Crippen LogP contribution in [0.3, 0.4) is 0 Å². The summed E-state index contributed by atoms with van der Waals surface area (Å²) in [5.41, 5.74) is 0.956. The molecule has 0 radical (unpaired) electrons. The van der Waals surface area contributed by atoms with Gasteiger partial charge in [0.1, 0.15) is 0 Å². The van der Waals surface area contributed by atoms with E-state index in [1.807, 2.05) is 26.1 Å². The zero-order valence-corrected chi connectivity index (χ0v) is 10.9. The smallest absolute Gasteiger partial charge is 0.151 e. The molecule has 1 aromatic heterocycles. The standard InChI is InChI=1S/C12H22N4O/c1-4-16(8-9-17-5-2)12-7-6-11(10-13-3)14-15-12/h6-7,13H,4-5,8-10H2,1-3H3. The SMILES string of the molecule is CCOCCN(CC)c1ccc(CNC)nn1. The maximum atomic E-state index is 5.35. The number of hydrogen-bond acceptors (Lipinski definition) is 5. The molecule has 17 heavy (non-hydrogen) atoms. The van der Waals surface area contributed by atoms with Crippen LogP contribution in [0.4, 0.5) is 5.82 Å². The summed E-state index contributed by atoms with van der Waals surface area (Å²) in [5, 5.41) is 11.5. The quantitative estimate of drug-likeness (QED) is 0.686. The molecule has 0 saturated carbocycles. The van der Waals surface area contributed by atoms with E-state index in [1.165, 1.54) is 0 Å². The summed E-state index contributed by atoms with van der Waals surface area (Å²) in [5.74, 6) is 0.909. The molecule has 0 amide bonds. The Labute approximate surface area is 103 Å². The van der Waals surface area contributed by atoms with Crippen LogP contribution in [0.2, 0.25) is 0 Å². The fraction of sp³-hybridized carbons (Fsp3) is 0.667. The summed E-state index contributed by atoms with van der Waals surface area (Å²) in [6, 6.07) is 4.01.